The molecule has 9 heteroatoms. The summed E-state index contributed by atoms with van der Waals surface area (Å²) in [5.41, 5.74) is 1.60. The zero-order valence-corrected chi connectivity index (χ0v) is 21.2. The van der Waals surface area contributed by atoms with Crippen LogP contribution in [0.3, 0.4) is 0 Å². The van der Waals surface area contributed by atoms with Gasteiger partial charge in [0.05, 0.1) is 12.0 Å². The van der Waals surface area contributed by atoms with Crippen molar-refractivity contribution in [2.45, 2.75) is 64.3 Å². The Morgan fingerprint density at radius 2 is 1.76 bits per heavy atom. The number of sulfonamides is 1. The van der Waals surface area contributed by atoms with Crippen molar-refractivity contribution >= 4 is 22.0 Å². The van der Waals surface area contributed by atoms with E-state index in [2.05, 4.69) is 5.32 Å². The molecule has 1 unspecified atom stereocenters. The summed E-state index contributed by atoms with van der Waals surface area (Å²) in [5.74, 6) is -0.196. The molecule has 2 amide bonds. The fraction of sp³-hybridized carbons (Fsp3) is 0.667. The first-order chi connectivity index (χ1) is 15.5. The Labute approximate surface area is 197 Å². The Balaban J connectivity index is 1.62. The summed E-state index contributed by atoms with van der Waals surface area (Å²) in [6, 6.07) is 4.59. The van der Waals surface area contributed by atoms with E-state index in [0.717, 1.165) is 17.5 Å². The highest BCUT2D eigenvalue weighted by atomic mass is 32.2. The van der Waals surface area contributed by atoms with E-state index in [4.69, 9.17) is 4.74 Å². The van der Waals surface area contributed by atoms with Crippen LogP contribution in [0, 0.1) is 25.2 Å². The first-order valence-electron chi connectivity index (χ1n) is 11.7. The van der Waals surface area contributed by atoms with Crippen molar-refractivity contribution in [2.24, 2.45) is 11.3 Å². The number of benzene rings is 1. The van der Waals surface area contributed by atoms with Crippen molar-refractivity contribution in [3.63, 3.8) is 0 Å². The van der Waals surface area contributed by atoms with E-state index in [1.807, 2.05) is 39.8 Å². The molecule has 2 aliphatic rings. The van der Waals surface area contributed by atoms with Gasteiger partial charge < -0.3 is 15.0 Å². The quantitative estimate of drug-likeness (QED) is 0.633. The number of likely N-dealkylation sites (tertiary alicyclic amines) is 1. The number of carbonyl (C=O) groups is 2. The van der Waals surface area contributed by atoms with Crippen molar-refractivity contribution < 1.29 is 22.7 Å². The van der Waals surface area contributed by atoms with Crippen LogP contribution in [0.1, 0.15) is 50.7 Å². The molecular formula is C24H37N3O5S. The zero-order chi connectivity index (χ0) is 24.4. The first kappa shape index (κ1) is 25.5. The standard InChI is InChI=1S/C24H37N3O5S/c1-17(2)14-20(22(28)32-5)25-23(29)26-11-8-24(16-26)9-12-27(13-10-24)33(30,31)21-15-18(3)6-7-19(21)4/h6-7,15,17,20H,8-14,16H2,1-5H3,(H,25,29). The fourth-order valence-corrected chi connectivity index (χ4v) is 6.66. The molecule has 0 bridgehead atoms. The van der Waals surface area contributed by atoms with Crippen LogP contribution in [0.15, 0.2) is 23.1 Å². The van der Waals surface area contributed by atoms with Gasteiger partial charge >= 0.3 is 12.0 Å². The summed E-state index contributed by atoms with van der Waals surface area (Å²) in [7, 11) is -2.22. The highest BCUT2D eigenvalue weighted by Gasteiger charge is 2.44. The van der Waals surface area contributed by atoms with E-state index >= 15 is 0 Å². The molecule has 2 saturated heterocycles. The van der Waals surface area contributed by atoms with Crippen molar-refractivity contribution in [2.75, 3.05) is 33.3 Å². The Bertz CT molecular complexity index is 984. The normalized spacial score (nSPS) is 19.6. The summed E-state index contributed by atoms with van der Waals surface area (Å²) in [6.07, 6.45) is 2.79. The minimum absolute atomic E-state index is 0.0795. The van der Waals surface area contributed by atoms with E-state index in [9.17, 15) is 18.0 Å². The minimum Gasteiger partial charge on any atom is -0.467 e. The van der Waals surface area contributed by atoms with Crippen molar-refractivity contribution in [3.05, 3.63) is 29.3 Å². The number of nitrogens with zero attached hydrogens (tertiary/aromatic N) is 2. The number of carbonyl (C=O) groups excluding carboxylic acids is 2. The molecule has 2 aliphatic heterocycles. The number of urea groups is 1. The first-order valence-corrected chi connectivity index (χ1v) is 13.1. The molecule has 1 atom stereocenters. The van der Waals surface area contributed by atoms with Gasteiger partial charge in [-0.3, -0.25) is 0 Å². The molecular weight excluding hydrogens is 442 g/mol. The third kappa shape index (κ3) is 5.69. The number of aryl methyl sites for hydroxylation is 2. The molecule has 2 fully saturated rings. The Morgan fingerprint density at radius 3 is 2.36 bits per heavy atom. The highest BCUT2D eigenvalue weighted by molar-refractivity contribution is 7.89. The van der Waals surface area contributed by atoms with E-state index < -0.39 is 22.0 Å². The molecule has 0 aromatic heterocycles. The molecule has 33 heavy (non-hydrogen) atoms. The van der Waals surface area contributed by atoms with E-state index in [0.29, 0.717) is 50.3 Å². The molecule has 1 spiro atoms. The highest BCUT2D eigenvalue weighted by Crippen LogP contribution is 2.41. The zero-order valence-electron chi connectivity index (χ0n) is 20.4. The maximum atomic E-state index is 13.2. The second-order valence-corrected chi connectivity index (χ2v) is 11.9. The van der Waals surface area contributed by atoms with Crippen LogP contribution < -0.4 is 5.32 Å². The van der Waals surface area contributed by atoms with Gasteiger partial charge in [-0.2, -0.15) is 4.31 Å². The molecule has 3 rings (SSSR count). The summed E-state index contributed by atoms with van der Waals surface area (Å²) in [4.78, 5) is 27.1. The number of hydrogen-bond acceptors (Lipinski definition) is 5. The predicted octanol–water partition coefficient (Wildman–Crippen LogP) is 3.08. The number of methoxy groups -OCH3 is 1. The SMILES string of the molecule is COC(=O)C(CC(C)C)NC(=O)N1CCC2(CCN(S(=O)(=O)c3cc(C)ccc3C)CC2)C1. The molecule has 184 valence electrons. The second kappa shape index (κ2) is 10.0. The van der Waals surface area contributed by atoms with E-state index in [1.54, 1.807) is 15.3 Å². The third-order valence-corrected chi connectivity index (χ3v) is 9.00. The van der Waals surface area contributed by atoms with Crippen LogP contribution in [0.2, 0.25) is 0 Å². The number of amides is 2. The predicted molar refractivity (Wildman–Crippen MR) is 126 cm³/mol. The summed E-state index contributed by atoms with van der Waals surface area (Å²) in [5, 5.41) is 2.84. The Hall–Kier alpha value is -2.13. The second-order valence-electron chi connectivity index (χ2n) is 10.00. The maximum absolute atomic E-state index is 13.2. The van der Waals surface area contributed by atoms with Gasteiger partial charge in [-0.25, -0.2) is 18.0 Å². The molecule has 1 aromatic carbocycles. The van der Waals surface area contributed by atoms with Crippen LogP contribution in [0.25, 0.3) is 0 Å². The van der Waals surface area contributed by atoms with Gasteiger partial charge in [-0.05, 0) is 68.1 Å². The van der Waals surface area contributed by atoms with Crippen LogP contribution in [-0.2, 0) is 19.6 Å². The third-order valence-electron chi connectivity index (χ3n) is 6.96. The molecule has 0 radical (unpaired) electrons. The average Bonchev–Trinajstić information content (AvgIpc) is 3.17. The average molecular weight is 480 g/mol. The summed E-state index contributed by atoms with van der Waals surface area (Å²) in [6.45, 7) is 9.78. The van der Waals surface area contributed by atoms with Crippen LogP contribution >= 0.6 is 0 Å². The van der Waals surface area contributed by atoms with Crippen LogP contribution in [0.4, 0.5) is 4.79 Å². The van der Waals surface area contributed by atoms with Crippen molar-refractivity contribution in [1.29, 1.82) is 0 Å². The minimum atomic E-state index is -3.54. The topological polar surface area (TPSA) is 96.0 Å². The van der Waals surface area contributed by atoms with Gasteiger partial charge in [0.25, 0.3) is 0 Å². The van der Waals surface area contributed by atoms with Gasteiger partial charge in [0.1, 0.15) is 6.04 Å². The lowest BCUT2D eigenvalue weighted by Gasteiger charge is -2.38. The van der Waals surface area contributed by atoms with Gasteiger partial charge in [0.15, 0.2) is 0 Å². The van der Waals surface area contributed by atoms with E-state index in [1.165, 1.54) is 7.11 Å². The largest absolute Gasteiger partial charge is 0.467 e. The Kier molecular flexibility index (Phi) is 7.73. The summed E-state index contributed by atoms with van der Waals surface area (Å²) < 4.78 is 32.9. The number of piperidine rings is 1. The van der Waals surface area contributed by atoms with Gasteiger partial charge in [0, 0.05) is 26.2 Å². The molecule has 0 aliphatic carbocycles. The van der Waals surface area contributed by atoms with Gasteiger partial charge in [-0.15, -0.1) is 0 Å². The molecule has 8 nitrogen and oxygen atoms in total. The van der Waals surface area contributed by atoms with Crippen LogP contribution in [-0.4, -0.2) is 69.0 Å². The fourth-order valence-electron chi connectivity index (χ4n) is 4.91. The monoisotopic (exact) mass is 479 g/mol. The van der Waals surface area contributed by atoms with E-state index in [-0.39, 0.29) is 17.4 Å². The number of esters is 1. The maximum Gasteiger partial charge on any atom is 0.328 e. The lowest BCUT2D eigenvalue weighted by atomic mass is 9.78. The molecule has 1 aromatic rings. The molecule has 1 N–H and O–H groups in total. The molecule has 2 heterocycles. The van der Waals surface area contributed by atoms with Gasteiger partial charge in [0.2, 0.25) is 10.0 Å². The number of rotatable bonds is 6. The van der Waals surface area contributed by atoms with Gasteiger partial charge in [-0.1, -0.05) is 26.0 Å². The lowest BCUT2D eigenvalue weighted by molar-refractivity contribution is -0.143. The number of nitrogens with one attached hydrogen (secondary N) is 1. The van der Waals surface area contributed by atoms with Crippen molar-refractivity contribution in [3.8, 4) is 0 Å². The lowest BCUT2D eigenvalue weighted by Crippen LogP contribution is -2.49. The Morgan fingerprint density at radius 1 is 1.12 bits per heavy atom. The summed E-state index contributed by atoms with van der Waals surface area (Å²) >= 11 is 0. The molecule has 0 saturated carbocycles. The smallest absolute Gasteiger partial charge is 0.328 e. The number of hydrogen-bond donors (Lipinski definition) is 1. The number of ether oxygens (including phenoxy) is 1. The van der Waals surface area contributed by atoms with Crippen molar-refractivity contribution in [1.82, 2.24) is 14.5 Å². The van der Waals surface area contributed by atoms with Crippen LogP contribution in [0.5, 0.6) is 0 Å².